The van der Waals surface area contributed by atoms with E-state index in [1.54, 1.807) is 36.4 Å². The number of benzene rings is 3. The standard InChI is InChI=1S/C26H22N2O4S/c1-16-4-9-19(10-5-16)25(30)32-22-14-18(8-13-21(22)31-3)15-23-24(29)28-26(33-23)27-20-11-6-17(2)7-12-20/h4-15H,1-3H3,(H,27,28,29)/b23-15-. The fourth-order valence-electron chi connectivity index (χ4n) is 3.08. The summed E-state index contributed by atoms with van der Waals surface area (Å²) in [5, 5.41) is 3.29. The molecule has 0 radical (unpaired) electrons. The Hall–Kier alpha value is -3.84. The predicted octanol–water partition coefficient (Wildman–Crippen LogP) is 5.42. The van der Waals surface area contributed by atoms with E-state index in [1.165, 1.54) is 18.9 Å². The number of carbonyl (C=O) groups is 2. The fourth-order valence-corrected chi connectivity index (χ4v) is 3.92. The number of thioether (sulfide) groups is 1. The molecule has 0 saturated carbocycles. The predicted molar refractivity (Wildman–Crippen MR) is 131 cm³/mol. The zero-order valence-corrected chi connectivity index (χ0v) is 19.2. The van der Waals surface area contributed by atoms with E-state index >= 15 is 0 Å². The Morgan fingerprint density at radius 1 is 0.939 bits per heavy atom. The lowest BCUT2D eigenvalue weighted by atomic mass is 10.1. The summed E-state index contributed by atoms with van der Waals surface area (Å²) in [6, 6.07) is 20.0. The van der Waals surface area contributed by atoms with Gasteiger partial charge in [-0.15, -0.1) is 0 Å². The number of amidine groups is 1. The van der Waals surface area contributed by atoms with E-state index in [0.29, 0.717) is 26.9 Å². The number of nitrogens with one attached hydrogen (secondary N) is 1. The van der Waals surface area contributed by atoms with Crippen LogP contribution in [0.1, 0.15) is 27.0 Å². The van der Waals surface area contributed by atoms with Crippen LogP contribution in [0.25, 0.3) is 6.08 Å². The largest absolute Gasteiger partial charge is 0.493 e. The number of aliphatic imine (C=N–C) groups is 1. The Balaban J connectivity index is 1.55. The zero-order valence-electron chi connectivity index (χ0n) is 18.4. The molecule has 0 bridgehead atoms. The molecule has 3 aromatic rings. The maximum atomic E-state index is 12.6. The molecular formula is C26H22N2O4S. The summed E-state index contributed by atoms with van der Waals surface area (Å²) in [6.07, 6.45) is 1.72. The highest BCUT2D eigenvalue weighted by molar-refractivity contribution is 8.18. The molecular weight excluding hydrogens is 436 g/mol. The molecule has 166 valence electrons. The van der Waals surface area contributed by atoms with Crippen LogP contribution in [0.15, 0.2) is 76.6 Å². The molecule has 1 amide bonds. The second-order valence-electron chi connectivity index (χ2n) is 7.48. The Kier molecular flexibility index (Phi) is 6.60. The smallest absolute Gasteiger partial charge is 0.343 e. The molecule has 1 aliphatic heterocycles. The van der Waals surface area contributed by atoms with E-state index in [-0.39, 0.29) is 11.7 Å². The van der Waals surface area contributed by atoms with Crippen molar-refractivity contribution in [1.29, 1.82) is 0 Å². The number of hydrogen-bond donors (Lipinski definition) is 1. The second-order valence-corrected chi connectivity index (χ2v) is 8.51. The molecule has 0 unspecified atom stereocenters. The van der Waals surface area contributed by atoms with Gasteiger partial charge in [0.15, 0.2) is 16.7 Å². The van der Waals surface area contributed by atoms with Gasteiger partial charge in [0.2, 0.25) is 0 Å². The van der Waals surface area contributed by atoms with Crippen LogP contribution in [0.5, 0.6) is 11.5 Å². The van der Waals surface area contributed by atoms with Crippen LogP contribution in [0, 0.1) is 13.8 Å². The molecule has 1 fully saturated rings. The van der Waals surface area contributed by atoms with Crippen molar-refractivity contribution in [3.8, 4) is 11.5 Å². The Bertz CT molecular complexity index is 1260. The highest BCUT2D eigenvalue weighted by Crippen LogP contribution is 2.32. The third-order valence-corrected chi connectivity index (χ3v) is 5.80. The van der Waals surface area contributed by atoms with Crippen LogP contribution in [0.4, 0.5) is 5.69 Å². The summed E-state index contributed by atoms with van der Waals surface area (Å²) in [4.78, 5) is 30.0. The molecule has 6 nitrogen and oxygen atoms in total. The van der Waals surface area contributed by atoms with Crippen molar-refractivity contribution in [2.75, 3.05) is 7.11 Å². The van der Waals surface area contributed by atoms with Crippen molar-refractivity contribution in [1.82, 2.24) is 5.32 Å². The fraction of sp³-hybridized carbons (Fsp3) is 0.115. The topological polar surface area (TPSA) is 77.0 Å². The summed E-state index contributed by atoms with van der Waals surface area (Å²) < 4.78 is 10.9. The van der Waals surface area contributed by atoms with E-state index in [1.807, 2.05) is 50.2 Å². The number of rotatable bonds is 5. The van der Waals surface area contributed by atoms with Crippen molar-refractivity contribution in [3.63, 3.8) is 0 Å². The Labute approximate surface area is 196 Å². The van der Waals surface area contributed by atoms with Gasteiger partial charge in [-0.2, -0.15) is 0 Å². The van der Waals surface area contributed by atoms with E-state index in [2.05, 4.69) is 10.3 Å². The molecule has 1 saturated heterocycles. The first-order chi connectivity index (χ1) is 15.9. The molecule has 0 aromatic heterocycles. The minimum Gasteiger partial charge on any atom is -0.493 e. The zero-order chi connectivity index (χ0) is 23.4. The molecule has 1 N–H and O–H groups in total. The van der Waals surface area contributed by atoms with Crippen LogP contribution in [-0.2, 0) is 4.79 Å². The average Bonchev–Trinajstić information content (AvgIpc) is 3.14. The van der Waals surface area contributed by atoms with Gasteiger partial charge in [0.1, 0.15) is 0 Å². The van der Waals surface area contributed by atoms with Crippen LogP contribution >= 0.6 is 11.8 Å². The van der Waals surface area contributed by atoms with Gasteiger partial charge in [-0.1, -0.05) is 41.5 Å². The Morgan fingerprint density at radius 3 is 2.27 bits per heavy atom. The molecule has 0 aliphatic carbocycles. The van der Waals surface area contributed by atoms with Crippen LogP contribution in [-0.4, -0.2) is 24.2 Å². The summed E-state index contributed by atoms with van der Waals surface area (Å²) in [7, 11) is 1.50. The van der Waals surface area contributed by atoms with E-state index in [4.69, 9.17) is 9.47 Å². The quantitative estimate of drug-likeness (QED) is 0.314. The number of aryl methyl sites for hydroxylation is 2. The first-order valence-corrected chi connectivity index (χ1v) is 11.1. The number of carbonyl (C=O) groups excluding carboxylic acids is 2. The maximum absolute atomic E-state index is 12.6. The van der Waals surface area contributed by atoms with Gasteiger partial charge in [-0.05, 0) is 73.6 Å². The van der Waals surface area contributed by atoms with Crippen molar-refractivity contribution in [3.05, 3.63) is 93.9 Å². The first-order valence-electron chi connectivity index (χ1n) is 10.2. The van der Waals surface area contributed by atoms with Gasteiger partial charge < -0.3 is 14.8 Å². The van der Waals surface area contributed by atoms with Gasteiger partial charge >= 0.3 is 5.97 Å². The summed E-state index contributed by atoms with van der Waals surface area (Å²) in [6.45, 7) is 3.95. The van der Waals surface area contributed by atoms with Crippen molar-refractivity contribution in [2.45, 2.75) is 13.8 Å². The monoisotopic (exact) mass is 458 g/mol. The van der Waals surface area contributed by atoms with E-state index in [0.717, 1.165) is 16.8 Å². The minimum absolute atomic E-state index is 0.236. The van der Waals surface area contributed by atoms with Crippen LogP contribution in [0.3, 0.4) is 0 Å². The minimum atomic E-state index is -0.487. The molecule has 1 aliphatic rings. The molecule has 33 heavy (non-hydrogen) atoms. The van der Waals surface area contributed by atoms with Crippen LogP contribution in [0.2, 0.25) is 0 Å². The molecule has 3 aromatic carbocycles. The third kappa shape index (κ3) is 5.51. The van der Waals surface area contributed by atoms with Gasteiger partial charge in [0, 0.05) is 0 Å². The van der Waals surface area contributed by atoms with E-state index < -0.39 is 5.97 Å². The van der Waals surface area contributed by atoms with Crippen LogP contribution < -0.4 is 14.8 Å². The Morgan fingerprint density at radius 2 is 1.61 bits per heavy atom. The number of amides is 1. The van der Waals surface area contributed by atoms with Gasteiger partial charge in [-0.3, -0.25) is 4.79 Å². The highest BCUT2D eigenvalue weighted by Gasteiger charge is 2.24. The van der Waals surface area contributed by atoms with Crippen molar-refractivity contribution in [2.24, 2.45) is 4.99 Å². The molecule has 4 rings (SSSR count). The van der Waals surface area contributed by atoms with Gasteiger partial charge in [0.05, 0.1) is 23.3 Å². The second kappa shape index (κ2) is 9.75. The summed E-state index contributed by atoms with van der Waals surface area (Å²) >= 11 is 1.25. The van der Waals surface area contributed by atoms with Gasteiger partial charge in [0.25, 0.3) is 5.91 Å². The molecule has 0 spiro atoms. The number of hydrogen-bond acceptors (Lipinski definition) is 6. The third-order valence-electron chi connectivity index (χ3n) is 4.89. The number of esters is 1. The average molecular weight is 459 g/mol. The SMILES string of the molecule is COc1ccc(/C=C2\SC(=Nc3ccc(C)cc3)NC2=O)cc1OC(=O)c1ccc(C)cc1. The highest BCUT2D eigenvalue weighted by atomic mass is 32.2. The van der Waals surface area contributed by atoms with Crippen molar-refractivity contribution < 1.29 is 19.1 Å². The van der Waals surface area contributed by atoms with Gasteiger partial charge in [-0.25, -0.2) is 9.79 Å². The maximum Gasteiger partial charge on any atom is 0.343 e. The molecule has 1 heterocycles. The lowest BCUT2D eigenvalue weighted by Crippen LogP contribution is -2.19. The number of nitrogens with zero attached hydrogens (tertiary/aromatic N) is 1. The summed E-state index contributed by atoms with van der Waals surface area (Å²) in [5.74, 6) is -0.0318. The first kappa shape index (κ1) is 22.4. The normalized spacial score (nSPS) is 15.5. The van der Waals surface area contributed by atoms with E-state index in [9.17, 15) is 9.59 Å². The lowest BCUT2D eigenvalue weighted by Gasteiger charge is -2.10. The molecule has 0 atom stereocenters. The molecule has 7 heteroatoms. The van der Waals surface area contributed by atoms with Crippen molar-refractivity contribution >= 4 is 40.6 Å². The number of ether oxygens (including phenoxy) is 2. The summed E-state index contributed by atoms with van der Waals surface area (Å²) in [5.41, 5.74) is 4.08. The number of methoxy groups -OCH3 is 1. The lowest BCUT2D eigenvalue weighted by molar-refractivity contribution is -0.115.